The summed E-state index contributed by atoms with van der Waals surface area (Å²) < 4.78 is 10.5. The van der Waals surface area contributed by atoms with Crippen LogP contribution in [0.25, 0.3) is 11.3 Å². The maximum atomic E-state index is 5.63. The lowest BCUT2D eigenvalue weighted by atomic mass is 10.1. The van der Waals surface area contributed by atoms with Crippen molar-refractivity contribution < 1.29 is 9.47 Å². The van der Waals surface area contributed by atoms with Gasteiger partial charge in [-0.05, 0) is 19.1 Å². The third-order valence-corrected chi connectivity index (χ3v) is 2.57. The molecule has 0 atom stereocenters. The highest BCUT2D eigenvalue weighted by molar-refractivity contribution is 5.71. The minimum absolute atomic E-state index is 0.398. The van der Waals surface area contributed by atoms with E-state index in [0.717, 1.165) is 22.7 Å². The second-order valence-electron chi connectivity index (χ2n) is 3.66. The minimum atomic E-state index is 0.398. The number of methoxy groups -OCH3 is 2. The fourth-order valence-electron chi connectivity index (χ4n) is 1.74. The Morgan fingerprint density at radius 3 is 2.53 bits per heavy atom. The highest BCUT2D eigenvalue weighted by atomic mass is 16.5. The second kappa shape index (κ2) is 4.37. The molecule has 0 aliphatic rings. The van der Waals surface area contributed by atoms with Crippen molar-refractivity contribution in [1.29, 1.82) is 0 Å². The molecule has 2 rings (SSSR count). The van der Waals surface area contributed by atoms with Crippen molar-refractivity contribution in [3.63, 3.8) is 0 Å². The number of aromatic nitrogens is 2. The van der Waals surface area contributed by atoms with E-state index >= 15 is 0 Å². The molecule has 0 unspecified atom stereocenters. The molecule has 0 spiro atoms. The van der Waals surface area contributed by atoms with E-state index in [9.17, 15) is 0 Å². The summed E-state index contributed by atoms with van der Waals surface area (Å²) in [6.45, 7) is 1.92. The fraction of sp³-hybridized carbons (Fsp3) is 0.250. The number of ether oxygens (including phenoxy) is 2. The average molecular weight is 233 g/mol. The van der Waals surface area contributed by atoms with Gasteiger partial charge in [0.1, 0.15) is 11.5 Å². The number of anilines is 1. The highest BCUT2D eigenvalue weighted by Gasteiger charge is 2.13. The van der Waals surface area contributed by atoms with E-state index in [1.165, 1.54) is 0 Å². The van der Waals surface area contributed by atoms with E-state index < -0.39 is 0 Å². The Balaban J connectivity index is 2.55. The van der Waals surface area contributed by atoms with Crippen LogP contribution >= 0.6 is 0 Å². The van der Waals surface area contributed by atoms with Gasteiger partial charge in [0, 0.05) is 17.3 Å². The molecule has 1 heterocycles. The molecule has 90 valence electrons. The van der Waals surface area contributed by atoms with E-state index in [1.807, 2.05) is 25.1 Å². The first-order valence-electron chi connectivity index (χ1n) is 5.20. The van der Waals surface area contributed by atoms with Gasteiger partial charge in [0.2, 0.25) is 0 Å². The first-order chi connectivity index (χ1) is 8.15. The van der Waals surface area contributed by atoms with Gasteiger partial charge in [-0.1, -0.05) is 0 Å². The zero-order chi connectivity index (χ0) is 12.4. The SMILES string of the molecule is COc1ccc(-c2nc(N)[nH]c2C)c(OC)c1. The summed E-state index contributed by atoms with van der Waals surface area (Å²) in [6, 6.07) is 5.59. The molecule has 1 aromatic carbocycles. The smallest absolute Gasteiger partial charge is 0.198 e. The molecule has 0 radical (unpaired) electrons. The number of aryl methyl sites for hydroxylation is 1. The first kappa shape index (κ1) is 11.3. The number of aromatic amines is 1. The Kier molecular flexibility index (Phi) is 2.91. The Bertz CT molecular complexity index is 535. The van der Waals surface area contributed by atoms with Gasteiger partial charge in [-0.15, -0.1) is 0 Å². The first-order valence-corrected chi connectivity index (χ1v) is 5.20. The maximum Gasteiger partial charge on any atom is 0.198 e. The van der Waals surface area contributed by atoms with Crippen LogP contribution in [0.15, 0.2) is 18.2 Å². The van der Waals surface area contributed by atoms with Gasteiger partial charge in [0.15, 0.2) is 5.95 Å². The predicted octanol–water partition coefficient (Wildman–Crippen LogP) is 1.98. The quantitative estimate of drug-likeness (QED) is 0.850. The number of nitrogens with one attached hydrogen (secondary N) is 1. The number of rotatable bonds is 3. The van der Waals surface area contributed by atoms with Crippen molar-refractivity contribution in [1.82, 2.24) is 9.97 Å². The standard InChI is InChI=1S/C12H15N3O2/c1-7-11(15-12(13)14-7)9-5-4-8(16-2)6-10(9)17-3/h4-6H,1-3H3,(H3,13,14,15). The topological polar surface area (TPSA) is 73.2 Å². The molecule has 5 heteroatoms. The highest BCUT2D eigenvalue weighted by Crippen LogP contribution is 2.34. The van der Waals surface area contributed by atoms with Crippen LogP contribution in [0.1, 0.15) is 5.69 Å². The number of nitrogens with zero attached hydrogens (tertiary/aromatic N) is 1. The van der Waals surface area contributed by atoms with Crippen LogP contribution < -0.4 is 15.2 Å². The lowest BCUT2D eigenvalue weighted by Crippen LogP contribution is -1.92. The number of H-pyrrole nitrogens is 1. The molecule has 5 nitrogen and oxygen atoms in total. The zero-order valence-corrected chi connectivity index (χ0v) is 10.1. The summed E-state index contributed by atoms with van der Waals surface area (Å²) in [4.78, 5) is 7.21. The zero-order valence-electron chi connectivity index (χ0n) is 10.1. The van der Waals surface area contributed by atoms with E-state index in [4.69, 9.17) is 15.2 Å². The molecule has 17 heavy (non-hydrogen) atoms. The third-order valence-electron chi connectivity index (χ3n) is 2.57. The lowest BCUT2D eigenvalue weighted by molar-refractivity contribution is 0.395. The number of nitrogens with two attached hydrogens (primary N) is 1. The molecule has 0 aliphatic carbocycles. The molecule has 0 saturated heterocycles. The van der Waals surface area contributed by atoms with Crippen LogP contribution in [0.4, 0.5) is 5.95 Å². The average Bonchev–Trinajstić information content (AvgIpc) is 2.67. The van der Waals surface area contributed by atoms with E-state index in [-0.39, 0.29) is 0 Å². The van der Waals surface area contributed by atoms with E-state index in [2.05, 4.69) is 9.97 Å². The Labute approximate surface area is 99.6 Å². The predicted molar refractivity (Wildman–Crippen MR) is 66.3 cm³/mol. The van der Waals surface area contributed by atoms with Crippen molar-refractivity contribution >= 4 is 5.95 Å². The van der Waals surface area contributed by atoms with Crippen LogP contribution in [-0.2, 0) is 0 Å². The van der Waals surface area contributed by atoms with E-state index in [0.29, 0.717) is 11.7 Å². The van der Waals surface area contributed by atoms with Crippen LogP contribution in [0.2, 0.25) is 0 Å². The number of hydrogen-bond acceptors (Lipinski definition) is 4. The van der Waals surface area contributed by atoms with E-state index in [1.54, 1.807) is 14.2 Å². The Morgan fingerprint density at radius 2 is 2.00 bits per heavy atom. The molecule has 0 bridgehead atoms. The van der Waals surface area contributed by atoms with Crippen molar-refractivity contribution in [2.45, 2.75) is 6.92 Å². The Hall–Kier alpha value is -2.17. The Morgan fingerprint density at radius 1 is 1.24 bits per heavy atom. The van der Waals surface area contributed by atoms with Gasteiger partial charge in [-0.25, -0.2) is 4.98 Å². The molecular formula is C12H15N3O2. The molecule has 0 amide bonds. The summed E-state index contributed by atoms with van der Waals surface area (Å²) in [6.07, 6.45) is 0. The van der Waals surface area contributed by atoms with Crippen molar-refractivity contribution in [2.75, 3.05) is 20.0 Å². The summed E-state index contributed by atoms with van der Waals surface area (Å²) >= 11 is 0. The number of nitrogen functional groups attached to an aromatic ring is 1. The molecule has 3 N–H and O–H groups in total. The number of hydrogen-bond donors (Lipinski definition) is 2. The molecule has 1 aromatic heterocycles. The largest absolute Gasteiger partial charge is 0.497 e. The van der Waals surface area contributed by atoms with Crippen molar-refractivity contribution in [3.8, 4) is 22.8 Å². The summed E-state index contributed by atoms with van der Waals surface area (Å²) in [7, 11) is 3.23. The molecule has 0 fully saturated rings. The summed E-state index contributed by atoms with van der Waals surface area (Å²) in [5, 5.41) is 0. The van der Waals surface area contributed by atoms with Gasteiger partial charge in [-0.2, -0.15) is 0 Å². The van der Waals surface area contributed by atoms with Crippen LogP contribution in [-0.4, -0.2) is 24.2 Å². The van der Waals surface area contributed by atoms with Gasteiger partial charge in [0.25, 0.3) is 0 Å². The maximum absolute atomic E-state index is 5.63. The summed E-state index contributed by atoms with van der Waals surface area (Å²) in [5.41, 5.74) is 8.22. The van der Waals surface area contributed by atoms with Crippen LogP contribution in [0, 0.1) is 6.92 Å². The molecule has 0 aliphatic heterocycles. The van der Waals surface area contributed by atoms with Crippen LogP contribution in [0.5, 0.6) is 11.5 Å². The summed E-state index contributed by atoms with van der Waals surface area (Å²) in [5.74, 6) is 1.85. The second-order valence-corrected chi connectivity index (χ2v) is 3.66. The number of benzene rings is 1. The fourth-order valence-corrected chi connectivity index (χ4v) is 1.74. The van der Waals surface area contributed by atoms with Gasteiger partial charge in [-0.3, -0.25) is 0 Å². The van der Waals surface area contributed by atoms with Crippen molar-refractivity contribution in [3.05, 3.63) is 23.9 Å². The normalized spacial score (nSPS) is 10.3. The molecule has 0 saturated carbocycles. The molecule has 2 aromatic rings. The van der Waals surface area contributed by atoms with Gasteiger partial charge >= 0.3 is 0 Å². The van der Waals surface area contributed by atoms with Gasteiger partial charge < -0.3 is 20.2 Å². The molecular weight excluding hydrogens is 218 g/mol. The third kappa shape index (κ3) is 2.04. The number of imidazole rings is 1. The minimum Gasteiger partial charge on any atom is -0.497 e. The van der Waals surface area contributed by atoms with Crippen LogP contribution in [0.3, 0.4) is 0 Å². The monoisotopic (exact) mass is 233 g/mol. The van der Waals surface area contributed by atoms with Gasteiger partial charge in [0.05, 0.1) is 19.9 Å². The lowest BCUT2D eigenvalue weighted by Gasteiger charge is -2.09. The van der Waals surface area contributed by atoms with Crippen molar-refractivity contribution in [2.24, 2.45) is 0 Å².